The number of piperidine rings is 1. The summed E-state index contributed by atoms with van der Waals surface area (Å²) in [4.78, 5) is 36.0. The number of nitrogens with one attached hydrogen (secondary N) is 3. The van der Waals surface area contributed by atoms with Crippen molar-refractivity contribution < 1.29 is 27.2 Å². The maximum atomic E-state index is 13.0. The van der Waals surface area contributed by atoms with E-state index in [4.69, 9.17) is 0 Å². The molecule has 9 nitrogen and oxygen atoms in total. The maximum absolute atomic E-state index is 13.0. The molecule has 1 aromatic rings. The topological polar surface area (TPSA) is 125 Å². The summed E-state index contributed by atoms with van der Waals surface area (Å²) < 4.78 is 40.1. The van der Waals surface area contributed by atoms with E-state index in [-0.39, 0.29) is 24.8 Å². The van der Waals surface area contributed by atoms with Gasteiger partial charge in [-0.1, -0.05) is 12.1 Å². The fourth-order valence-electron chi connectivity index (χ4n) is 3.80. The van der Waals surface area contributed by atoms with E-state index in [0.29, 0.717) is 25.8 Å². The molecule has 3 rings (SSSR count). The molecule has 11 heteroatoms. The Morgan fingerprint density at radius 1 is 1.27 bits per heavy atom. The lowest BCUT2D eigenvalue weighted by atomic mass is 9.99. The summed E-state index contributed by atoms with van der Waals surface area (Å²) in [7, 11) is -4.05. The molecule has 1 aromatic carbocycles. The number of imide groups is 1. The van der Waals surface area contributed by atoms with Gasteiger partial charge < -0.3 is 10.6 Å². The van der Waals surface area contributed by atoms with Crippen LogP contribution < -0.4 is 16.0 Å². The fourth-order valence-corrected chi connectivity index (χ4v) is 5.80. The first kappa shape index (κ1) is 22.2. The van der Waals surface area contributed by atoms with Gasteiger partial charge in [0.1, 0.15) is 5.82 Å². The van der Waals surface area contributed by atoms with Crippen LogP contribution in [0.15, 0.2) is 24.3 Å². The van der Waals surface area contributed by atoms with E-state index >= 15 is 0 Å². The summed E-state index contributed by atoms with van der Waals surface area (Å²) in [6.07, 6.45) is 1.56. The number of hydrogen-bond acceptors (Lipinski definition) is 5. The molecule has 0 radical (unpaired) electrons. The monoisotopic (exact) mass is 440 g/mol. The lowest BCUT2D eigenvalue weighted by Gasteiger charge is -2.36. The van der Waals surface area contributed by atoms with Crippen LogP contribution in [0.5, 0.6) is 0 Å². The maximum Gasteiger partial charge on any atom is 0.321 e. The zero-order valence-corrected chi connectivity index (χ0v) is 17.4. The van der Waals surface area contributed by atoms with Crippen molar-refractivity contribution in [3.63, 3.8) is 0 Å². The van der Waals surface area contributed by atoms with Crippen LogP contribution in [0.2, 0.25) is 0 Å². The van der Waals surface area contributed by atoms with Crippen molar-refractivity contribution in [2.75, 3.05) is 19.6 Å². The second-order valence-corrected chi connectivity index (χ2v) is 9.64. The van der Waals surface area contributed by atoms with E-state index in [1.165, 1.54) is 23.4 Å². The van der Waals surface area contributed by atoms with Crippen molar-refractivity contribution in [1.82, 2.24) is 20.3 Å². The van der Waals surface area contributed by atoms with Gasteiger partial charge in [0.25, 0.3) is 0 Å². The zero-order valence-electron chi connectivity index (χ0n) is 16.6. The standard InChI is InChI=1S/C19H25FN4O5S/c1-12-16(18(26)23-19(27)22-12)30(28,29)24-10-2-3-14(11-24)17(25)21-9-8-13-4-6-15(20)7-5-13/h4-7,12,14,16H,2-3,8-11H2,1H3,(H,21,25)(H2,22,23,26,27). The Morgan fingerprint density at radius 3 is 2.63 bits per heavy atom. The van der Waals surface area contributed by atoms with Gasteiger partial charge in [-0.05, 0) is 43.9 Å². The Hall–Kier alpha value is -2.53. The second-order valence-electron chi connectivity index (χ2n) is 7.58. The number of halogens is 1. The van der Waals surface area contributed by atoms with E-state index < -0.39 is 39.2 Å². The molecule has 164 valence electrons. The van der Waals surface area contributed by atoms with Gasteiger partial charge in [-0.25, -0.2) is 21.9 Å². The Labute approximate surface area is 174 Å². The first-order valence-corrected chi connectivity index (χ1v) is 11.3. The van der Waals surface area contributed by atoms with Gasteiger partial charge in [-0.2, -0.15) is 0 Å². The van der Waals surface area contributed by atoms with E-state index in [1.807, 2.05) is 5.32 Å². The number of urea groups is 1. The largest absolute Gasteiger partial charge is 0.355 e. The molecule has 4 amide bonds. The minimum Gasteiger partial charge on any atom is -0.355 e. The number of carbonyl (C=O) groups excluding carboxylic acids is 3. The number of rotatable bonds is 6. The van der Waals surface area contributed by atoms with Crippen molar-refractivity contribution in [2.24, 2.45) is 5.92 Å². The van der Waals surface area contributed by atoms with Gasteiger partial charge >= 0.3 is 6.03 Å². The number of benzene rings is 1. The lowest BCUT2D eigenvalue weighted by Crippen LogP contribution is -2.65. The number of hydrogen-bond donors (Lipinski definition) is 3. The van der Waals surface area contributed by atoms with Gasteiger partial charge in [0.05, 0.1) is 12.0 Å². The Bertz CT molecular complexity index is 921. The molecule has 0 saturated carbocycles. The summed E-state index contributed by atoms with van der Waals surface area (Å²) in [5.74, 6) is -1.98. The van der Waals surface area contributed by atoms with Crippen molar-refractivity contribution >= 4 is 27.9 Å². The van der Waals surface area contributed by atoms with Gasteiger partial charge in [0.15, 0.2) is 5.25 Å². The quantitative estimate of drug-likeness (QED) is 0.580. The summed E-state index contributed by atoms with van der Waals surface area (Å²) in [6.45, 7) is 2.01. The predicted octanol–water partition coefficient (Wildman–Crippen LogP) is 0.123. The molecule has 3 unspecified atom stereocenters. The molecule has 3 N–H and O–H groups in total. The van der Waals surface area contributed by atoms with Crippen LogP contribution in [0.4, 0.5) is 9.18 Å². The summed E-state index contributed by atoms with van der Waals surface area (Å²) >= 11 is 0. The molecular formula is C19H25FN4O5S. The van der Waals surface area contributed by atoms with Crippen LogP contribution >= 0.6 is 0 Å². The lowest BCUT2D eigenvalue weighted by molar-refractivity contribution is -0.126. The molecule has 2 fully saturated rings. The van der Waals surface area contributed by atoms with Crippen molar-refractivity contribution in [3.8, 4) is 0 Å². The summed E-state index contributed by atoms with van der Waals surface area (Å²) in [6, 6.07) is 4.40. The molecule has 30 heavy (non-hydrogen) atoms. The van der Waals surface area contributed by atoms with Gasteiger partial charge in [0, 0.05) is 19.6 Å². The van der Waals surface area contributed by atoms with Crippen LogP contribution in [-0.2, 0) is 26.0 Å². The van der Waals surface area contributed by atoms with Crippen LogP contribution in [0.25, 0.3) is 0 Å². The van der Waals surface area contributed by atoms with Crippen LogP contribution in [0.1, 0.15) is 25.3 Å². The Kier molecular flexibility index (Phi) is 6.71. The molecule has 2 aliphatic rings. The predicted molar refractivity (Wildman–Crippen MR) is 106 cm³/mol. The first-order valence-electron chi connectivity index (χ1n) is 9.81. The fraction of sp³-hybridized carbons (Fsp3) is 0.526. The van der Waals surface area contributed by atoms with Crippen LogP contribution in [0.3, 0.4) is 0 Å². The molecule has 0 aliphatic carbocycles. The minimum atomic E-state index is -4.05. The van der Waals surface area contributed by atoms with E-state index in [1.54, 1.807) is 12.1 Å². The van der Waals surface area contributed by atoms with Crippen LogP contribution in [-0.4, -0.2) is 61.5 Å². The van der Waals surface area contributed by atoms with Crippen LogP contribution in [0, 0.1) is 11.7 Å². The Balaban J connectivity index is 1.58. The molecule has 0 aromatic heterocycles. The average Bonchev–Trinajstić information content (AvgIpc) is 2.68. The third kappa shape index (κ3) is 4.96. The molecule has 0 spiro atoms. The van der Waals surface area contributed by atoms with Crippen molar-refractivity contribution in [1.29, 1.82) is 0 Å². The molecule has 0 bridgehead atoms. The third-order valence-corrected chi connectivity index (χ3v) is 7.69. The molecule has 3 atom stereocenters. The van der Waals surface area contributed by atoms with E-state index in [2.05, 4.69) is 10.6 Å². The highest BCUT2D eigenvalue weighted by molar-refractivity contribution is 7.90. The molecular weight excluding hydrogens is 415 g/mol. The number of sulfonamides is 1. The molecule has 2 aliphatic heterocycles. The second kappa shape index (κ2) is 9.09. The highest BCUT2D eigenvalue weighted by Gasteiger charge is 2.46. The van der Waals surface area contributed by atoms with Crippen molar-refractivity contribution in [3.05, 3.63) is 35.6 Å². The number of amides is 4. The molecule has 2 saturated heterocycles. The van der Waals surface area contributed by atoms with Gasteiger partial charge in [-0.15, -0.1) is 0 Å². The highest BCUT2D eigenvalue weighted by atomic mass is 32.2. The number of nitrogens with zero attached hydrogens (tertiary/aromatic N) is 1. The van der Waals surface area contributed by atoms with Crippen molar-refractivity contribution in [2.45, 2.75) is 37.5 Å². The first-order chi connectivity index (χ1) is 14.2. The minimum absolute atomic E-state index is 0.0187. The van der Waals surface area contributed by atoms with E-state index in [0.717, 1.165) is 5.56 Å². The average molecular weight is 440 g/mol. The summed E-state index contributed by atoms with van der Waals surface area (Å²) in [5.41, 5.74) is 0.879. The zero-order chi connectivity index (χ0) is 21.9. The highest BCUT2D eigenvalue weighted by Crippen LogP contribution is 2.24. The third-order valence-electron chi connectivity index (χ3n) is 5.37. The normalized spacial score (nSPS) is 25.3. The molecule has 2 heterocycles. The number of carbonyl (C=O) groups is 3. The van der Waals surface area contributed by atoms with E-state index in [9.17, 15) is 27.2 Å². The Morgan fingerprint density at radius 2 is 1.97 bits per heavy atom. The smallest absolute Gasteiger partial charge is 0.321 e. The van der Waals surface area contributed by atoms with Gasteiger partial charge in [0.2, 0.25) is 21.8 Å². The summed E-state index contributed by atoms with van der Waals surface area (Å²) in [5, 5.41) is 5.76. The van der Waals surface area contributed by atoms with Gasteiger partial charge in [-0.3, -0.25) is 14.9 Å². The SMILES string of the molecule is CC1NC(=O)NC(=O)C1S(=O)(=O)N1CCCC(C(=O)NCCc2ccc(F)cc2)C1.